The molecule has 0 unspecified atom stereocenters. The van der Waals surface area contributed by atoms with Crippen molar-refractivity contribution in [2.24, 2.45) is 0 Å². The SMILES string of the molecule is Cc1cc(C=O)ccc1-n1ccc(C(F)(F)F)n1. The van der Waals surface area contributed by atoms with Crippen LogP contribution in [0.2, 0.25) is 0 Å². The molecule has 0 fully saturated rings. The normalized spacial score (nSPS) is 11.6. The van der Waals surface area contributed by atoms with Gasteiger partial charge in [0.1, 0.15) is 6.29 Å². The Morgan fingerprint density at radius 1 is 1.28 bits per heavy atom. The van der Waals surface area contributed by atoms with E-state index in [9.17, 15) is 18.0 Å². The van der Waals surface area contributed by atoms with Crippen LogP contribution < -0.4 is 0 Å². The number of aldehydes is 1. The number of aryl methyl sites for hydroxylation is 1. The van der Waals surface area contributed by atoms with E-state index in [-0.39, 0.29) is 0 Å². The van der Waals surface area contributed by atoms with E-state index in [0.717, 1.165) is 10.7 Å². The summed E-state index contributed by atoms with van der Waals surface area (Å²) in [6.07, 6.45) is -2.53. The summed E-state index contributed by atoms with van der Waals surface area (Å²) in [5, 5.41) is 3.47. The number of carbonyl (C=O) groups excluding carboxylic acids is 1. The average Bonchev–Trinajstić information content (AvgIpc) is 2.77. The highest BCUT2D eigenvalue weighted by molar-refractivity contribution is 5.75. The molecule has 3 nitrogen and oxygen atoms in total. The number of aromatic nitrogens is 2. The molecule has 2 rings (SSSR count). The van der Waals surface area contributed by atoms with Gasteiger partial charge in [0.2, 0.25) is 0 Å². The van der Waals surface area contributed by atoms with E-state index < -0.39 is 11.9 Å². The van der Waals surface area contributed by atoms with Crippen LogP contribution in [-0.4, -0.2) is 16.1 Å². The molecule has 0 saturated carbocycles. The van der Waals surface area contributed by atoms with E-state index >= 15 is 0 Å². The van der Waals surface area contributed by atoms with Gasteiger partial charge in [-0.1, -0.05) is 0 Å². The first-order valence-corrected chi connectivity index (χ1v) is 5.11. The molecule has 1 heterocycles. The van der Waals surface area contributed by atoms with E-state index in [1.807, 2.05) is 0 Å². The molecule has 0 spiro atoms. The molecule has 2 aromatic rings. The smallest absolute Gasteiger partial charge is 0.298 e. The van der Waals surface area contributed by atoms with E-state index in [2.05, 4.69) is 5.10 Å². The number of nitrogens with zero attached hydrogens (tertiary/aromatic N) is 2. The molecule has 0 N–H and O–H groups in total. The predicted octanol–water partition coefficient (Wildman–Crippen LogP) is 3.01. The monoisotopic (exact) mass is 254 g/mol. The van der Waals surface area contributed by atoms with Crippen molar-refractivity contribution in [1.29, 1.82) is 0 Å². The quantitative estimate of drug-likeness (QED) is 0.772. The fourth-order valence-corrected chi connectivity index (χ4v) is 1.62. The molecule has 18 heavy (non-hydrogen) atoms. The third-order valence-electron chi connectivity index (χ3n) is 2.48. The van der Waals surface area contributed by atoms with Gasteiger partial charge in [0.05, 0.1) is 5.69 Å². The lowest BCUT2D eigenvalue weighted by Gasteiger charge is -2.06. The minimum atomic E-state index is -4.46. The maximum Gasteiger partial charge on any atom is 0.435 e. The number of hydrogen-bond donors (Lipinski definition) is 0. The van der Waals surface area contributed by atoms with Gasteiger partial charge >= 0.3 is 6.18 Å². The van der Waals surface area contributed by atoms with Gasteiger partial charge in [0, 0.05) is 11.8 Å². The predicted molar refractivity (Wildman–Crippen MR) is 58.7 cm³/mol. The number of carbonyl (C=O) groups is 1. The average molecular weight is 254 g/mol. The second kappa shape index (κ2) is 4.29. The van der Waals surface area contributed by atoms with Crippen LogP contribution in [-0.2, 0) is 6.18 Å². The first kappa shape index (κ1) is 12.3. The van der Waals surface area contributed by atoms with Crippen LogP contribution in [0, 0.1) is 6.92 Å². The van der Waals surface area contributed by atoms with Crippen LogP contribution >= 0.6 is 0 Å². The first-order chi connectivity index (χ1) is 8.41. The standard InChI is InChI=1S/C12H9F3N2O/c1-8-6-9(7-18)2-3-10(8)17-5-4-11(16-17)12(13,14)15/h2-7H,1H3. The van der Waals surface area contributed by atoms with Crippen LogP contribution in [0.1, 0.15) is 21.6 Å². The van der Waals surface area contributed by atoms with Crippen molar-refractivity contribution in [3.05, 3.63) is 47.3 Å². The zero-order valence-electron chi connectivity index (χ0n) is 9.40. The Hall–Kier alpha value is -2.11. The number of halogens is 3. The summed E-state index contributed by atoms with van der Waals surface area (Å²) < 4.78 is 38.4. The molecule has 0 bridgehead atoms. The molecule has 1 aromatic heterocycles. The third-order valence-corrected chi connectivity index (χ3v) is 2.48. The molecule has 0 aliphatic carbocycles. The largest absolute Gasteiger partial charge is 0.435 e. The van der Waals surface area contributed by atoms with Gasteiger partial charge in [-0.25, -0.2) is 4.68 Å². The van der Waals surface area contributed by atoms with Crippen molar-refractivity contribution < 1.29 is 18.0 Å². The molecule has 0 atom stereocenters. The highest BCUT2D eigenvalue weighted by Crippen LogP contribution is 2.28. The summed E-state index contributed by atoms with van der Waals surface area (Å²) in [7, 11) is 0. The molecule has 0 radical (unpaired) electrons. The van der Waals surface area contributed by atoms with Crippen LogP contribution in [0.4, 0.5) is 13.2 Å². The van der Waals surface area contributed by atoms with E-state index in [0.29, 0.717) is 23.1 Å². The lowest BCUT2D eigenvalue weighted by molar-refractivity contribution is -0.141. The van der Waals surface area contributed by atoms with Crippen molar-refractivity contribution in [3.63, 3.8) is 0 Å². The van der Waals surface area contributed by atoms with Crippen molar-refractivity contribution in [2.45, 2.75) is 13.1 Å². The third kappa shape index (κ3) is 2.27. The highest BCUT2D eigenvalue weighted by atomic mass is 19.4. The van der Waals surface area contributed by atoms with E-state index in [1.165, 1.54) is 12.3 Å². The summed E-state index contributed by atoms with van der Waals surface area (Å²) in [5.41, 5.74) is 0.716. The summed E-state index contributed by atoms with van der Waals surface area (Å²) in [6.45, 7) is 1.71. The zero-order valence-corrected chi connectivity index (χ0v) is 9.40. The number of alkyl halides is 3. The lowest BCUT2D eigenvalue weighted by Crippen LogP contribution is -2.07. The van der Waals surface area contributed by atoms with E-state index in [4.69, 9.17) is 0 Å². The van der Waals surface area contributed by atoms with E-state index in [1.54, 1.807) is 19.1 Å². The first-order valence-electron chi connectivity index (χ1n) is 5.11. The van der Waals surface area contributed by atoms with Gasteiger partial charge in [-0.3, -0.25) is 4.79 Å². The molecule has 0 saturated heterocycles. The molecule has 94 valence electrons. The Balaban J connectivity index is 2.43. The van der Waals surface area contributed by atoms with Crippen molar-refractivity contribution in [1.82, 2.24) is 9.78 Å². The molecule has 0 aliphatic heterocycles. The summed E-state index contributed by atoms with van der Waals surface area (Å²) in [5.74, 6) is 0. The Kier molecular flexibility index (Phi) is 2.94. The second-order valence-electron chi connectivity index (χ2n) is 3.81. The number of rotatable bonds is 2. The maximum absolute atomic E-state index is 12.4. The molecule has 1 aromatic carbocycles. The van der Waals surface area contributed by atoms with Gasteiger partial charge in [0.25, 0.3) is 0 Å². The summed E-state index contributed by atoms with van der Waals surface area (Å²) >= 11 is 0. The van der Waals surface area contributed by atoms with Crippen molar-refractivity contribution in [3.8, 4) is 5.69 Å². The van der Waals surface area contributed by atoms with Gasteiger partial charge in [-0.05, 0) is 36.8 Å². The van der Waals surface area contributed by atoms with Crippen LogP contribution in [0.5, 0.6) is 0 Å². The van der Waals surface area contributed by atoms with Gasteiger partial charge < -0.3 is 0 Å². The lowest BCUT2D eigenvalue weighted by atomic mass is 10.1. The minimum Gasteiger partial charge on any atom is -0.298 e. The molecule has 6 heteroatoms. The highest BCUT2D eigenvalue weighted by Gasteiger charge is 2.33. The topological polar surface area (TPSA) is 34.9 Å². The maximum atomic E-state index is 12.4. The second-order valence-corrected chi connectivity index (χ2v) is 3.81. The molecular weight excluding hydrogens is 245 g/mol. The van der Waals surface area contributed by atoms with Gasteiger partial charge in [-0.15, -0.1) is 0 Å². The Morgan fingerprint density at radius 3 is 2.50 bits per heavy atom. The van der Waals surface area contributed by atoms with Crippen molar-refractivity contribution in [2.75, 3.05) is 0 Å². The van der Waals surface area contributed by atoms with Gasteiger partial charge in [0.15, 0.2) is 5.69 Å². The Labute approximate surface area is 101 Å². The number of benzene rings is 1. The van der Waals surface area contributed by atoms with Crippen molar-refractivity contribution >= 4 is 6.29 Å². The minimum absolute atomic E-state index is 0.472. The van der Waals surface area contributed by atoms with Crippen LogP contribution in [0.15, 0.2) is 30.5 Å². The molecule has 0 amide bonds. The molecular formula is C12H9F3N2O. The number of hydrogen-bond acceptors (Lipinski definition) is 2. The summed E-state index contributed by atoms with van der Waals surface area (Å²) in [4.78, 5) is 10.6. The summed E-state index contributed by atoms with van der Waals surface area (Å²) in [6, 6.07) is 5.60. The Bertz CT molecular complexity index is 587. The Morgan fingerprint density at radius 2 is 2.00 bits per heavy atom. The molecule has 0 aliphatic rings. The van der Waals surface area contributed by atoms with Gasteiger partial charge in [-0.2, -0.15) is 18.3 Å². The fourth-order valence-electron chi connectivity index (χ4n) is 1.62. The van der Waals surface area contributed by atoms with Crippen LogP contribution in [0.25, 0.3) is 5.69 Å². The zero-order chi connectivity index (χ0) is 13.3. The van der Waals surface area contributed by atoms with Crippen LogP contribution in [0.3, 0.4) is 0 Å². The fraction of sp³-hybridized carbons (Fsp3) is 0.167.